The minimum absolute atomic E-state index is 0.382. The predicted octanol–water partition coefficient (Wildman–Crippen LogP) is 0.248. The second-order valence-electron chi connectivity index (χ2n) is 2.71. The average molecular weight is 180 g/mol. The van der Waals surface area contributed by atoms with E-state index in [0.717, 1.165) is 10.3 Å². The van der Waals surface area contributed by atoms with Gasteiger partial charge in [-0.05, 0) is 19.1 Å². The molecule has 0 saturated carbocycles. The van der Waals surface area contributed by atoms with Crippen molar-refractivity contribution in [1.82, 2.24) is 9.55 Å². The summed E-state index contributed by atoms with van der Waals surface area (Å²) in [5.41, 5.74) is 1.55. The van der Waals surface area contributed by atoms with E-state index in [-0.39, 0.29) is 0 Å². The van der Waals surface area contributed by atoms with Crippen molar-refractivity contribution in [3.63, 3.8) is 0 Å². The van der Waals surface area contributed by atoms with Gasteiger partial charge < -0.3 is 9.52 Å². The molecule has 0 amide bonds. The summed E-state index contributed by atoms with van der Waals surface area (Å²) < 4.78 is 5.90. The first-order valence-electron chi connectivity index (χ1n) is 3.80. The molecule has 5 nitrogen and oxygen atoms in total. The van der Waals surface area contributed by atoms with Gasteiger partial charge in [-0.15, -0.1) is 0 Å². The van der Waals surface area contributed by atoms with Gasteiger partial charge in [0.15, 0.2) is 11.2 Å². The molecule has 0 unspecified atom stereocenters. The van der Waals surface area contributed by atoms with Crippen molar-refractivity contribution in [1.29, 1.82) is 0 Å². The molecule has 13 heavy (non-hydrogen) atoms. The van der Waals surface area contributed by atoms with Crippen LogP contribution in [-0.2, 0) is 6.73 Å². The smallest absolute Gasteiger partial charge is 0.406 e. The summed E-state index contributed by atoms with van der Waals surface area (Å²) in [6, 6.07) is 3.40. The summed E-state index contributed by atoms with van der Waals surface area (Å²) in [4.78, 5) is 15.2. The third-order valence-corrected chi connectivity index (χ3v) is 1.79. The van der Waals surface area contributed by atoms with Crippen molar-refractivity contribution in [2.24, 2.45) is 0 Å². The molecule has 0 aromatic carbocycles. The third-order valence-electron chi connectivity index (χ3n) is 1.79. The molecule has 68 valence electrons. The number of aromatic nitrogens is 2. The molecule has 0 saturated heterocycles. The molecule has 0 aliphatic carbocycles. The summed E-state index contributed by atoms with van der Waals surface area (Å²) in [6.45, 7) is 1.39. The number of aliphatic hydroxyl groups excluding tert-OH is 1. The van der Waals surface area contributed by atoms with Gasteiger partial charge in [-0.2, -0.15) is 0 Å². The summed E-state index contributed by atoms with van der Waals surface area (Å²) >= 11 is 0. The highest BCUT2D eigenvalue weighted by Crippen LogP contribution is 2.09. The summed E-state index contributed by atoms with van der Waals surface area (Å²) in [7, 11) is 0. The van der Waals surface area contributed by atoms with E-state index in [2.05, 4.69) is 4.98 Å². The van der Waals surface area contributed by atoms with E-state index in [1.165, 1.54) is 0 Å². The van der Waals surface area contributed by atoms with Crippen molar-refractivity contribution in [3.05, 3.63) is 28.4 Å². The largest absolute Gasteiger partial charge is 0.423 e. The highest BCUT2D eigenvalue weighted by molar-refractivity contribution is 5.67. The van der Waals surface area contributed by atoms with E-state index in [0.29, 0.717) is 11.2 Å². The first kappa shape index (κ1) is 8.00. The summed E-state index contributed by atoms with van der Waals surface area (Å²) in [6.07, 6.45) is 0. The Balaban J connectivity index is 2.89. The van der Waals surface area contributed by atoms with Crippen molar-refractivity contribution in [3.8, 4) is 0 Å². The van der Waals surface area contributed by atoms with Gasteiger partial charge in [0, 0.05) is 5.69 Å². The maximum absolute atomic E-state index is 11.1. The normalized spacial score (nSPS) is 10.9. The van der Waals surface area contributed by atoms with Crippen LogP contribution >= 0.6 is 0 Å². The van der Waals surface area contributed by atoms with Gasteiger partial charge in [0.2, 0.25) is 0 Å². The first-order chi connectivity index (χ1) is 6.22. The van der Waals surface area contributed by atoms with Crippen LogP contribution in [0.4, 0.5) is 0 Å². The van der Waals surface area contributed by atoms with Crippen LogP contribution in [0.25, 0.3) is 11.2 Å². The molecule has 0 spiro atoms. The van der Waals surface area contributed by atoms with Crippen LogP contribution in [0.2, 0.25) is 0 Å². The van der Waals surface area contributed by atoms with Crippen LogP contribution in [0.5, 0.6) is 0 Å². The van der Waals surface area contributed by atoms with E-state index in [4.69, 9.17) is 9.52 Å². The Bertz CT molecular complexity index is 498. The van der Waals surface area contributed by atoms with E-state index in [1.54, 1.807) is 19.1 Å². The number of oxazole rings is 1. The van der Waals surface area contributed by atoms with Crippen LogP contribution in [0.15, 0.2) is 21.3 Å². The lowest BCUT2D eigenvalue weighted by molar-refractivity contribution is 0.204. The number of pyridine rings is 1. The van der Waals surface area contributed by atoms with Crippen molar-refractivity contribution in [2.45, 2.75) is 13.7 Å². The topological polar surface area (TPSA) is 68.3 Å². The number of aryl methyl sites for hydroxylation is 1. The van der Waals surface area contributed by atoms with Gasteiger partial charge in [0.1, 0.15) is 6.73 Å². The minimum atomic E-state index is -0.587. The highest BCUT2D eigenvalue weighted by atomic mass is 16.4. The van der Waals surface area contributed by atoms with Gasteiger partial charge in [0.25, 0.3) is 0 Å². The van der Waals surface area contributed by atoms with E-state index >= 15 is 0 Å². The first-order valence-corrected chi connectivity index (χ1v) is 3.80. The molecule has 2 aromatic rings. The Labute approximate surface area is 73.2 Å². The van der Waals surface area contributed by atoms with Gasteiger partial charge in [0.05, 0.1) is 0 Å². The third kappa shape index (κ3) is 1.13. The molecule has 0 radical (unpaired) electrons. The maximum Gasteiger partial charge on any atom is 0.423 e. The van der Waals surface area contributed by atoms with Gasteiger partial charge in [-0.1, -0.05) is 0 Å². The molecule has 1 N–H and O–H groups in total. The molecular formula is C8H8N2O3. The van der Waals surface area contributed by atoms with Crippen LogP contribution < -0.4 is 5.76 Å². The molecule has 0 bridgehead atoms. The zero-order chi connectivity index (χ0) is 9.42. The Morgan fingerprint density at radius 1 is 1.62 bits per heavy atom. The maximum atomic E-state index is 11.1. The molecule has 0 atom stereocenters. The fourth-order valence-corrected chi connectivity index (χ4v) is 1.16. The van der Waals surface area contributed by atoms with Gasteiger partial charge >= 0.3 is 5.76 Å². The molecule has 2 rings (SSSR count). The molecule has 2 heterocycles. The fourth-order valence-electron chi connectivity index (χ4n) is 1.16. The second kappa shape index (κ2) is 2.70. The number of fused-ring (bicyclic) bond motifs is 1. The Morgan fingerprint density at radius 3 is 3.08 bits per heavy atom. The van der Waals surface area contributed by atoms with E-state index in [9.17, 15) is 4.79 Å². The molecular weight excluding hydrogens is 172 g/mol. The monoisotopic (exact) mass is 180 g/mol. The Kier molecular flexibility index (Phi) is 1.66. The van der Waals surface area contributed by atoms with E-state index < -0.39 is 12.5 Å². The van der Waals surface area contributed by atoms with Crippen LogP contribution in [0, 0.1) is 6.92 Å². The van der Waals surface area contributed by atoms with Crippen LogP contribution in [0.3, 0.4) is 0 Å². The average Bonchev–Trinajstić information content (AvgIpc) is 2.40. The lowest BCUT2D eigenvalue weighted by Crippen LogP contribution is -2.14. The molecule has 0 aliphatic heterocycles. The summed E-state index contributed by atoms with van der Waals surface area (Å²) in [5, 5.41) is 8.86. The molecule has 0 aliphatic rings. The lowest BCUT2D eigenvalue weighted by atomic mass is 10.4. The van der Waals surface area contributed by atoms with Crippen molar-refractivity contribution in [2.75, 3.05) is 0 Å². The van der Waals surface area contributed by atoms with Crippen LogP contribution in [0.1, 0.15) is 5.69 Å². The number of hydrogen-bond acceptors (Lipinski definition) is 4. The quantitative estimate of drug-likeness (QED) is 0.682. The van der Waals surface area contributed by atoms with Gasteiger partial charge in [-0.3, -0.25) is 0 Å². The number of rotatable bonds is 1. The van der Waals surface area contributed by atoms with Gasteiger partial charge in [-0.25, -0.2) is 14.3 Å². The lowest BCUT2D eigenvalue weighted by Gasteiger charge is -1.94. The molecule has 5 heteroatoms. The second-order valence-corrected chi connectivity index (χ2v) is 2.71. The zero-order valence-electron chi connectivity index (χ0n) is 7.02. The zero-order valence-corrected chi connectivity index (χ0v) is 7.02. The Morgan fingerprint density at radius 2 is 2.38 bits per heavy atom. The van der Waals surface area contributed by atoms with E-state index in [1.807, 2.05) is 0 Å². The minimum Gasteiger partial charge on any atom is -0.406 e. The molecule has 2 aromatic heterocycles. The Hall–Kier alpha value is -1.62. The number of nitrogens with zero attached hydrogens (tertiary/aromatic N) is 2. The summed E-state index contributed by atoms with van der Waals surface area (Å²) in [5.74, 6) is -0.587. The predicted molar refractivity (Wildman–Crippen MR) is 45.2 cm³/mol. The number of hydrogen-bond donors (Lipinski definition) is 1. The highest BCUT2D eigenvalue weighted by Gasteiger charge is 2.08. The van der Waals surface area contributed by atoms with Crippen molar-refractivity contribution >= 4 is 11.2 Å². The van der Waals surface area contributed by atoms with Crippen molar-refractivity contribution < 1.29 is 9.52 Å². The fraction of sp³-hybridized carbons (Fsp3) is 0.250. The number of aliphatic hydroxyl groups is 1. The van der Waals surface area contributed by atoms with Crippen LogP contribution in [-0.4, -0.2) is 14.7 Å². The standard InChI is InChI=1S/C8H8N2O3/c1-5-2-3-6-7(9-5)10(4-11)8(12)13-6/h2-3,11H,4H2,1H3. The molecule has 0 fully saturated rings. The SMILES string of the molecule is Cc1ccc2oc(=O)n(CO)c2n1.